The molecule has 8 aromatic carbocycles. The Hall–Kier alpha value is -7.94. The van der Waals surface area contributed by atoms with Gasteiger partial charge in [0.15, 0.2) is 17.2 Å². The molecule has 0 aliphatic rings. The number of hydrogen-bond acceptors (Lipinski definition) is 6. The molecule has 0 saturated heterocycles. The van der Waals surface area contributed by atoms with E-state index < -0.39 is 0 Å². The maximum Gasteiger partial charge on any atom is 0.238 e. The number of nitrogens with zero attached hydrogens (tertiary/aromatic N) is 6. The molecule has 280 valence electrons. The molecule has 60 heavy (non-hydrogen) atoms. The molecule has 0 radical (unpaired) electrons. The summed E-state index contributed by atoms with van der Waals surface area (Å²) in [5.41, 5.74) is 9.39. The topological polar surface area (TPSA) is 74.6 Å². The van der Waals surface area contributed by atoms with Crippen molar-refractivity contribution in [2.24, 2.45) is 0 Å². The summed E-state index contributed by atoms with van der Waals surface area (Å²) in [5, 5.41) is 6.87. The highest BCUT2D eigenvalue weighted by atomic mass is 32.1. The summed E-state index contributed by atoms with van der Waals surface area (Å²) < 4.78 is 13.4. The number of hydrogen-bond donors (Lipinski definition) is 0. The molecule has 8 heteroatoms. The van der Waals surface area contributed by atoms with Crippen molar-refractivity contribution >= 4 is 86.2 Å². The van der Waals surface area contributed by atoms with Crippen LogP contribution in [-0.4, -0.2) is 29.1 Å². The highest BCUT2D eigenvalue weighted by Gasteiger charge is 2.25. The van der Waals surface area contributed by atoms with Crippen LogP contribution in [0.3, 0.4) is 0 Å². The molecule has 0 fully saturated rings. The van der Waals surface area contributed by atoms with Gasteiger partial charge in [0.1, 0.15) is 5.52 Å². The lowest BCUT2D eigenvalue weighted by Gasteiger charge is -2.15. The van der Waals surface area contributed by atoms with Gasteiger partial charge in [0.2, 0.25) is 11.8 Å². The Balaban J connectivity index is 1.17. The van der Waals surface area contributed by atoms with Crippen LogP contribution in [0, 0.1) is 0 Å². The molecule has 13 aromatic rings. The first-order valence-corrected chi connectivity index (χ1v) is 20.7. The standard InChI is InChI=1S/C52H30N6OS/c1-2-15-31(16-3-1)49-54-50(39-22-14-21-37-34-19-7-13-28-45(34)60-48(37)39)56-52(55-49)58-42-25-10-5-18-33(42)36-30-29-35-32-17-4-9-24-41(32)57(46(35)47(36)58)43-26-11-6-20-38(43)51-53-40-23-8-12-27-44(40)59-51/h1-30H. The van der Waals surface area contributed by atoms with Gasteiger partial charge in [-0.25, -0.2) is 9.97 Å². The Kier molecular flexibility index (Phi) is 7.05. The molecule has 0 bridgehead atoms. The van der Waals surface area contributed by atoms with Gasteiger partial charge in [-0.15, -0.1) is 11.3 Å². The lowest BCUT2D eigenvalue weighted by molar-refractivity contribution is 0.619. The van der Waals surface area contributed by atoms with E-state index in [9.17, 15) is 0 Å². The van der Waals surface area contributed by atoms with Crippen LogP contribution in [0.1, 0.15) is 0 Å². The fourth-order valence-corrected chi connectivity index (χ4v) is 10.2. The molecule has 5 heterocycles. The molecule has 13 rings (SSSR count). The number of aromatic nitrogens is 6. The first kappa shape index (κ1) is 33.1. The number of fused-ring (bicyclic) bond motifs is 11. The van der Waals surface area contributed by atoms with Gasteiger partial charge in [0, 0.05) is 52.8 Å². The van der Waals surface area contributed by atoms with Crippen LogP contribution in [0.15, 0.2) is 186 Å². The Morgan fingerprint density at radius 1 is 0.417 bits per heavy atom. The quantitative estimate of drug-likeness (QED) is 0.174. The number of thiophene rings is 1. The van der Waals surface area contributed by atoms with Crippen LogP contribution in [0.25, 0.3) is 121 Å². The predicted octanol–water partition coefficient (Wildman–Crippen LogP) is 13.6. The molecule has 5 aromatic heterocycles. The highest BCUT2D eigenvalue weighted by molar-refractivity contribution is 7.26. The third kappa shape index (κ3) is 4.82. The van der Waals surface area contributed by atoms with Gasteiger partial charge in [-0.2, -0.15) is 9.97 Å². The van der Waals surface area contributed by atoms with Crippen molar-refractivity contribution < 1.29 is 4.42 Å². The van der Waals surface area contributed by atoms with Gasteiger partial charge in [-0.1, -0.05) is 133 Å². The summed E-state index contributed by atoms with van der Waals surface area (Å²) in [4.78, 5) is 21.0. The minimum atomic E-state index is 0.541. The van der Waals surface area contributed by atoms with Crippen molar-refractivity contribution in [3.05, 3.63) is 182 Å². The lowest BCUT2D eigenvalue weighted by Crippen LogP contribution is -2.07. The van der Waals surface area contributed by atoms with E-state index in [1.807, 2.05) is 48.5 Å². The van der Waals surface area contributed by atoms with E-state index in [1.54, 1.807) is 11.3 Å². The first-order chi connectivity index (χ1) is 29.8. The lowest BCUT2D eigenvalue weighted by atomic mass is 10.1. The second-order valence-corrected chi connectivity index (χ2v) is 16.0. The third-order valence-electron chi connectivity index (χ3n) is 11.6. The molecule has 0 aliphatic heterocycles. The monoisotopic (exact) mass is 786 g/mol. The smallest absolute Gasteiger partial charge is 0.238 e. The van der Waals surface area contributed by atoms with Crippen LogP contribution < -0.4 is 0 Å². The number of para-hydroxylation sites is 5. The Labute approximate surface area is 346 Å². The fourth-order valence-electron chi connectivity index (χ4n) is 9.02. The maximum atomic E-state index is 6.45. The van der Waals surface area contributed by atoms with Crippen molar-refractivity contribution in [1.29, 1.82) is 0 Å². The van der Waals surface area contributed by atoms with Gasteiger partial charge >= 0.3 is 0 Å². The summed E-state index contributed by atoms with van der Waals surface area (Å²) >= 11 is 1.77. The van der Waals surface area contributed by atoms with Crippen molar-refractivity contribution in [2.75, 3.05) is 0 Å². The largest absolute Gasteiger partial charge is 0.436 e. The SMILES string of the molecule is c1ccc(-c2nc(-c3cccc4c3sc3ccccc34)nc(-n3c4ccccc4c4ccc5c6ccccc6n(-c6ccccc6-c6nc7ccccc7o6)c5c43)n2)cc1. The van der Waals surface area contributed by atoms with Crippen LogP contribution >= 0.6 is 11.3 Å². The number of oxazole rings is 1. The minimum absolute atomic E-state index is 0.541. The zero-order chi connectivity index (χ0) is 39.3. The molecular formula is C52H30N6OS. The summed E-state index contributed by atoms with van der Waals surface area (Å²) in [5.74, 6) is 2.33. The van der Waals surface area contributed by atoms with Crippen LogP contribution in [0.5, 0.6) is 0 Å². The van der Waals surface area contributed by atoms with E-state index in [2.05, 4.69) is 143 Å². The zero-order valence-electron chi connectivity index (χ0n) is 31.8. The van der Waals surface area contributed by atoms with Crippen LogP contribution in [0.4, 0.5) is 0 Å². The third-order valence-corrected chi connectivity index (χ3v) is 12.9. The van der Waals surface area contributed by atoms with E-state index in [4.69, 9.17) is 24.4 Å². The van der Waals surface area contributed by atoms with Gasteiger partial charge in [-0.05, 0) is 48.5 Å². The molecular weight excluding hydrogens is 757 g/mol. The molecule has 0 N–H and O–H groups in total. The number of benzene rings is 8. The normalized spacial score (nSPS) is 12.0. The first-order valence-electron chi connectivity index (χ1n) is 19.9. The summed E-state index contributed by atoms with van der Waals surface area (Å²) in [6.07, 6.45) is 0. The van der Waals surface area contributed by atoms with E-state index in [1.165, 1.54) is 15.5 Å². The highest BCUT2D eigenvalue weighted by Crippen LogP contribution is 2.44. The summed E-state index contributed by atoms with van der Waals surface area (Å²) in [6, 6.07) is 63.2. The van der Waals surface area contributed by atoms with E-state index >= 15 is 0 Å². The molecule has 0 unspecified atom stereocenters. The summed E-state index contributed by atoms with van der Waals surface area (Å²) in [6.45, 7) is 0. The van der Waals surface area contributed by atoms with Crippen molar-refractivity contribution in [3.63, 3.8) is 0 Å². The Bertz CT molecular complexity index is 3820. The predicted molar refractivity (Wildman–Crippen MR) is 245 cm³/mol. The molecule has 0 spiro atoms. The summed E-state index contributed by atoms with van der Waals surface area (Å²) in [7, 11) is 0. The van der Waals surface area contributed by atoms with Gasteiger partial charge in [0.25, 0.3) is 0 Å². The minimum Gasteiger partial charge on any atom is -0.436 e. The second-order valence-electron chi connectivity index (χ2n) is 15.0. The van der Waals surface area contributed by atoms with E-state index in [-0.39, 0.29) is 0 Å². The van der Waals surface area contributed by atoms with E-state index in [0.29, 0.717) is 23.5 Å². The molecule has 0 atom stereocenters. The van der Waals surface area contributed by atoms with Crippen molar-refractivity contribution in [2.45, 2.75) is 0 Å². The molecule has 0 aliphatic carbocycles. The van der Waals surface area contributed by atoms with Gasteiger partial charge in [0.05, 0.1) is 33.3 Å². The Morgan fingerprint density at radius 2 is 1.03 bits per heavy atom. The molecule has 7 nitrogen and oxygen atoms in total. The molecule has 0 saturated carbocycles. The fraction of sp³-hybridized carbons (Fsp3) is 0. The van der Waals surface area contributed by atoms with Crippen LogP contribution in [-0.2, 0) is 0 Å². The maximum absolute atomic E-state index is 6.45. The van der Waals surface area contributed by atoms with Crippen molar-refractivity contribution in [3.8, 4) is 45.9 Å². The van der Waals surface area contributed by atoms with Gasteiger partial charge in [-0.3, -0.25) is 4.57 Å². The average molecular weight is 787 g/mol. The molecule has 0 amide bonds. The number of rotatable bonds is 5. The van der Waals surface area contributed by atoms with Crippen LogP contribution in [0.2, 0.25) is 0 Å². The van der Waals surface area contributed by atoms with Gasteiger partial charge < -0.3 is 8.98 Å². The van der Waals surface area contributed by atoms with E-state index in [0.717, 1.165) is 81.8 Å². The van der Waals surface area contributed by atoms with Crippen molar-refractivity contribution in [1.82, 2.24) is 29.1 Å². The zero-order valence-corrected chi connectivity index (χ0v) is 32.6. The second kappa shape index (κ2) is 12.8. The Morgan fingerprint density at radius 3 is 1.85 bits per heavy atom. The average Bonchev–Trinajstić information content (AvgIpc) is 4.08.